The van der Waals surface area contributed by atoms with Crippen molar-refractivity contribution in [2.24, 2.45) is 0 Å². The summed E-state index contributed by atoms with van der Waals surface area (Å²) >= 11 is 0.938. The zero-order chi connectivity index (χ0) is 27.7. The van der Waals surface area contributed by atoms with Crippen LogP contribution in [0, 0.1) is 12.1 Å². The number of nitrogens with one attached hydrogen (secondary N) is 1. The van der Waals surface area contributed by atoms with Crippen molar-refractivity contribution in [1.82, 2.24) is 0 Å². The highest BCUT2D eigenvalue weighted by molar-refractivity contribution is 7.14. The summed E-state index contributed by atoms with van der Waals surface area (Å²) in [4.78, 5) is 25.4. The predicted molar refractivity (Wildman–Crippen MR) is 153 cm³/mol. The fraction of sp³-hybridized carbons (Fsp3) is 0.250. The molecule has 1 amide bonds. The van der Waals surface area contributed by atoms with E-state index in [4.69, 9.17) is 9.47 Å². The second kappa shape index (κ2) is 10.7. The highest BCUT2D eigenvalue weighted by Crippen LogP contribution is 2.49. The van der Waals surface area contributed by atoms with Gasteiger partial charge in [0.2, 0.25) is 0 Å². The molecule has 1 fully saturated rings. The number of ether oxygens (including phenoxy) is 2. The van der Waals surface area contributed by atoms with Crippen LogP contribution in [0.15, 0.2) is 72.8 Å². The van der Waals surface area contributed by atoms with E-state index < -0.39 is 17.3 Å². The van der Waals surface area contributed by atoms with Crippen LogP contribution in [0.1, 0.15) is 49.5 Å². The summed E-state index contributed by atoms with van der Waals surface area (Å²) in [5, 5.41) is 2.28. The minimum absolute atomic E-state index is 0.207. The molecule has 0 spiro atoms. The number of benzene rings is 3. The highest BCUT2D eigenvalue weighted by atomic mass is 32.1. The van der Waals surface area contributed by atoms with E-state index in [0.717, 1.165) is 52.0 Å². The fourth-order valence-corrected chi connectivity index (χ4v) is 5.92. The van der Waals surface area contributed by atoms with Crippen molar-refractivity contribution >= 4 is 28.9 Å². The van der Waals surface area contributed by atoms with Gasteiger partial charge in [-0.15, -0.1) is 11.3 Å². The first-order valence-corrected chi connectivity index (χ1v) is 13.7. The van der Waals surface area contributed by atoms with Crippen LogP contribution in [0.4, 0.5) is 14.9 Å². The monoisotopic (exact) mass is 543 g/mol. The molecule has 4 aromatic rings. The van der Waals surface area contributed by atoms with E-state index >= 15 is 0 Å². The molecule has 0 aliphatic heterocycles. The van der Waals surface area contributed by atoms with Gasteiger partial charge < -0.3 is 9.47 Å². The van der Waals surface area contributed by atoms with Gasteiger partial charge >= 0.3 is 6.09 Å². The molecule has 1 heterocycles. The Morgan fingerprint density at radius 3 is 2.33 bits per heavy atom. The van der Waals surface area contributed by atoms with E-state index in [2.05, 4.69) is 5.32 Å². The number of methoxy groups -OCH3 is 1. The first-order valence-electron chi connectivity index (χ1n) is 12.8. The third-order valence-corrected chi connectivity index (χ3v) is 8.46. The van der Waals surface area contributed by atoms with Crippen molar-refractivity contribution < 1.29 is 23.5 Å². The molecule has 1 saturated carbocycles. The molecule has 0 saturated heterocycles. The van der Waals surface area contributed by atoms with Crippen LogP contribution in [0.25, 0.3) is 21.6 Å². The molecule has 1 aromatic heterocycles. The van der Waals surface area contributed by atoms with Crippen molar-refractivity contribution in [3.8, 4) is 27.3 Å². The maximum absolute atomic E-state index is 14.4. The number of carbonyl (C=O) groups excluding carboxylic acids is 2. The van der Waals surface area contributed by atoms with Gasteiger partial charge in [0.05, 0.1) is 23.1 Å². The lowest BCUT2D eigenvalue weighted by Gasteiger charge is -2.17. The largest absolute Gasteiger partial charge is 0.496 e. The summed E-state index contributed by atoms with van der Waals surface area (Å²) in [5.74, 6) is 0.821. The quantitative estimate of drug-likeness (QED) is 0.242. The zero-order valence-electron chi connectivity index (χ0n) is 22.3. The number of hydrogen-bond acceptors (Lipinski definition) is 5. The molecule has 200 valence electrons. The number of carbonyl (C=O) groups is 2. The lowest BCUT2D eigenvalue weighted by atomic mass is 9.90. The Labute approximate surface area is 231 Å². The van der Waals surface area contributed by atoms with Gasteiger partial charge in [-0.1, -0.05) is 60.7 Å². The van der Waals surface area contributed by atoms with Crippen molar-refractivity contribution in [3.63, 3.8) is 0 Å². The first kappa shape index (κ1) is 26.6. The molecule has 0 bridgehead atoms. The Morgan fingerprint density at radius 1 is 1.00 bits per heavy atom. The van der Waals surface area contributed by atoms with Crippen LogP contribution in [-0.2, 0) is 14.9 Å². The van der Waals surface area contributed by atoms with E-state index in [1.54, 1.807) is 21.0 Å². The molecule has 5 rings (SSSR count). The van der Waals surface area contributed by atoms with Gasteiger partial charge in [0.1, 0.15) is 17.6 Å². The van der Waals surface area contributed by atoms with Gasteiger partial charge in [-0.2, -0.15) is 4.39 Å². The maximum Gasteiger partial charge on any atom is 0.412 e. The summed E-state index contributed by atoms with van der Waals surface area (Å²) in [5.41, 5.74) is 5.51. The number of aryl methyl sites for hydroxylation is 1. The molecule has 39 heavy (non-hydrogen) atoms. The van der Waals surface area contributed by atoms with Gasteiger partial charge in [-0.05, 0) is 67.5 Å². The molecule has 5 nitrogen and oxygen atoms in total. The third kappa shape index (κ3) is 5.32. The number of ketones is 1. The zero-order valence-corrected chi connectivity index (χ0v) is 23.2. The number of hydrogen-bond donors (Lipinski definition) is 1. The topological polar surface area (TPSA) is 64.6 Å². The average molecular weight is 544 g/mol. The first-order chi connectivity index (χ1) is 18.7. The van der Waals surface area contributed by atoms with Crippen LogP contribution in [0.3, 0.4) is 0 Å². The van der Waals surface area contributed by atoms with Crippen molar-refractivity contribution in [3.05, 3.63) is 94.6 Å². The lowest BCUT2D eigenvalue weighted by molar-refractivity contribution is -0.119. The number of rotatable bonds is 8. The second-order valence-corrected chi connectivity index (χ2v) is 11.0. The van der Waals surface area contributed by atoms with Gasteiger partial charge in [0, 0.05) is 11.6 Å². The average Bonchev–Trinajstić information content (AvgIpc) is 3.66. The third-order valence-electron chi connectivity index (χ3n) is 7.49. The Hall–Kier alpha value is -3.97. The van der Waals surface area contributed by atoms with Crippen molar-refractivity contribution in [2.45, 2.75) is 45.1 Å². The predicted octanol–water partition coefficient (Wildman–Crippen LogP) is 8.47. The summed E-state index contributed by atoms with van der Waals surface area (Å²) in [6.45, 7) is 5.42. The van der Waals surface area contributed by atoms with E-state index in [9.17, 15) is 14.0 Å². The van der Waals surface area contributed by atoms with Crippen molar-refractivity contribution in [1.29, 1.82) is 0 Å². The molecule has 1 aliphatic carbocycles. The summed E-state index contributed by atoms with van der Waals surface area (Å²) in [6.07, 6.45) is 0.666. The second-order valence-electron chi connectivity index (χ2n) is 9.95. The minimum Gasteiger partial charge on any atom is -0.496 e. The summed E-state index contributed by atoms with van der Waals surface area (Å²) < 4.78 is 25.7. The molecule has 0 unspecified atom stereocenters. The normalized spacial score (nSPS) is 14.4. The summed E-state index contributed by atoms with van der Waals surface area (Å²) in [6, 6.07) is 22.6. The molecule has 3 aromatic carbocycles. The lowest BCUT2D eigenvalue weighted by Crippen LogP contribution is -2.16. The van der Waals surface area contributed by atoms with E-state index in [-0.39, 0.29) is 11.2 Å². The molecule has 1 atom stereocenters. The fourth-order valence-electron chi connectivity index (χ4n) is 5.08. The minimum atomic E-state index is -0.660. The Kier molecular flexibility index (Phi) is 7.28. The number of halogens is 1. The Balaban J connectivity index is 1.37. The Bertz CT molecular complexity index is 1540. The molecular formula is C32H30FNO4S. The smallest absolute Gasteiger partial charge is 0.412 e. The van der Waals surface area contributed by atoms with E-state index in [0.29, 0.717) is 21.9 Å². The maximum atomic E-state index is 14.4. The van der Waals surface area contributed by atoms with Crippen LogP contribution in [-0.4, -0.2) is 19.0 Å². The van der Waals surface area contributed by atoms with Crippen LogP contribution < -0.4 is 10.1 Å². The van der Waals surface area contributed by atoms with Gasteiger partial charge in [-0.25, -0.2) is 4.79 Å². The summed E-state index contributed by atoms with van der Waals surface area (Å²) in [7, 11) is 1.59. The molecular weight excluding hydrogens is 513 g/mol. The SMILES string of the molecule is COc1cc(-c2sc(F)cc2NC(=O)O[C@H](C)c2ccccc2C)ccc1-c1ccc(C2(C(C)=O)CC2)cc1. The number of amides is 1. The Morgan fingerprint density at radius 2 is 1.69 bits per heavy atom. The van der Waals surface area contributed by atoms with Crippen LogP contribution >= 0.6 is 11.3 Å². The number of Topliss-reactive ketones (excluding diaryl/α,β-unsaturated/α-hetero) is 1. The number of anilines is 1. The van der Waals surface area contributed by atoms with Crippen molar-refractivity contribution in [2.75, 3.05) is 12.4 Å². The highest BCUT2D eigenvalue weighted by Gasteiger charge is 2.48. The van der Waals surface area contributed by atoms with Crippen LogP contribution in [0.2, 0.25) is 0 Å². The van der Waals surface area contributed by atoms with Crippen LogP contribution in [0.5, 0.6) is 5.75 Å². The van der Waals surface area contributed by atoms with Gasteiger partial charge in [0.15, 0.2) is 5.13 Å². The molecule has 1 aliphatic rings. The van der Waals surface area contributed by atoms with Gasteiger partial charge in [0.25, 0.3) is 0 Å². The van der Waals surface area contributed by atoms with E-state index in [1.165, 1.54) is 6.07 Å². The molecule has 0 radical (unpaired) electrons. The number of thiophene rings is 1. The standard InChI is InChI=1S/C32H30FNO4S/c1-19-7-5-6-8-25(19)20(2)38-31(36)34-27-18-29(33)39-30(27)23-11-14-26(28(17-23)37-4)22-9-12-24(13-10-22)32(15-16-32)21(3)35/h5-14,17-18,20H,15-16H2,1-4H3,(H,34,36)/t20-/m1/s1. The van der Waals surface area contributed by atoms with Gasteiger partial charge in [-0.3, -0.25) is 10.1 Å². The van der Waals surface area contributed by atoms with E-state index in [1.807, 2.05) is 73.7 Å². The molecule has 7 heteroatoms. The molecule has 1 N–H and O–H groups in total.